The van der Waals surface area contributed by atoms with Gasteiger partial charge in [0.05, 0.1) is 18.7 Å². The Hall–Kier alpha value is -2.26. The zero-order valence-electron chi connectivity index (χ0n) is 15.8. The van der Waals surface area contributed by atoms with Crippen LogP contribution in [0.4, 0.5) is 17.5 Å². The molecule has 3 rings (SSSR count). The number of aliphatic hydroxyl groups excluding tert-OH is 1. The monoisotopic (exact) mass is 433 g/mol. The number of halogens is 1. The Morgan fingerprint density at radius 3 is 2.41 bits per heavy atom. The van der Waals surface area contributed by atoms with Crippen LogP contribution in [-0.4, -0.2) is 42.7 Å². The van der Waals surface area contributed by atoms with Gasteiger partial charge in [-0.3, -0.25) is 0 Å². The van der Waals surface area contributed by atoms with Gasteiger partial charge >= 0.3 is 0 Å². The van der Waals surface area contributed by atoms with Crippen LogP contribution in [0.3, 0.4) is 0 Å². The first-order chi connectivity index (χ1) is 12.9. The highest BCUT2D eigenvalue weighted by atomic mass is 79.9. The maximum Gasteiger partial charge on any atom is 0.227 e. The summed E-state index contributed by atoms with van der Waals surface area (Å²) < 4.78 is 2.76. The summed E-state index contributed by atoms with van der Waals surface area (Å²) in [5, 5.41) is 24.7. The highest BCUT2D eigenvalue weighted by Gasteiger charge is 2.19. The second kappa shape index (κ2) is 8.18. The lowest BCUT2D eigenvalue weighted by Crippen LogP contribution is -2.30. The molecule has 0 fully saturated rings. The Balaban J connectivity index is 2.05. The third-order valence-electron chi connectivity index (χ3n) is 4.24. The minimum atomic E-state index is -0.147. The Morgan fingerprint density at radius 2 is 1.81 bits per heavy atom. The van der Waals surface area contributed by atoms with E-state index in [1.165, 1.54) is 0 Å². The van der Waals surface area contributed by atoms with Crippen molar-refractivity contribution in [1.29, 1.82) is 0 Å². The van der Waals surface area contributed by atoms with E-state index in [1.807, 2.05) is 52.0 Å². The van der Waals surface area contributed by atoms with E-state index < -0.39 is 0 Å². The van der Waals surface area contributed by atoms with Gasteiger partial charge in [-0.25, -0.2) is 4.68 Å². The summed E-state index contributed by atoms with van der Waals surface area (Å²) in [5.41, 5.74) is 2.12. The number of aromatic nitrogens is 5. The number of hydrogen-bond acceptors (Lipinski definition) is 7. The van der Waals surface area contributed by atoms with Crippen molar-refractivity contribution in [3.05, 3.63) is 28.7 Å². The largest absolute Gasteiger partial charge is 0.394 e. The Labute approximate surface area is 166 Å². The van der Waals surface area contributed by atoms with Crippen molar-refractivity contribution >= 4 is 44.5 Å². The van der Waals surface area contributed by atoms with Gasteiger partial charge in [0.15, 0.2) is 17.0 Å². The average molecular weight is 434 g/mol. The Bertz CT molecular complexity index is 908. The van der Waals surface area contributed by atoms with Crippen molar-refractivity contribution in [2.75, 3.05) is 17.2 Å². The van der Waals surface area contributed by atoms with Crippen molar-refractivity contribution in [3.8, 4) is 0 Å². The van der Waals surface area contributed by atoms with Gasteiger partial charge in [-0.2, -0.15) is 9.97 Å². The summed E-state index contributed by atoms with van der Waals surface area (Å²) in [6.07, 6.45) is 0. The number of benzene rings is 1. The van der Waals surface area contributed by atoms with Crippen LogP contribution in [-0.2, 0) is 0 Å². The van der Waals surface area contributed by atoms with Crippen LogP contribution in [0.15, 0.2) is 28.7 Å². The lowest BCUT2D eigenvalue weighted by atomic mass is 10.1. The molecule has 0 aliphatic carbocycles. The quantitative estimate of drug-likeness (QED) is 0.521. The van der Waals surface area contributed by atoms with Crippen molar-refractivity contribution in [1.82, 2.24) is 25.0 Å². The first kappa shape index (κ1) is 19.5. The maximum absolute atomic E-state index is 9.64. The van der Waals surface area contributed by atoms with E-state index in [9.17, 15) is 5.11 Å². The van der Waals surface area contributed by atoms with Crippen LogP contribution >= 0.6 is 15.9 Å². The molecule has 3 N–H and O–H groups in total. The molecule has 9 heteroatoms. The fraction of sp³-hybridized carbons (Fsp3) is 0.444. The van der Waals surface area contributed by atoms with E-state index in [2.05, 4.69) is 46.8 Å². The molecule has 2 aromatic heterocycles. The van der Waals surface area contributed by atoms with Crippen molar-refractivity contribution in [2.45, 2.75) is 39.8 Å². The predicted molar refractivity (Wildman–Crippen MR) is 110 cm³/mol. The molecule has 0 radical (unpaired) electrons. The van der Waals surface area contributed by atoms with Gasteiger partial charge < -0.3 is 15.7 Å². The fourth-order valence-corrected chi connectivity index (χ4v) is 2.85. The van der Waals surface area contributed by atoms with Crippen LogP contribution in [0.2, 0.25) is 0 Å². The number of fused-ring (bicyclic) bond motifs is 1. The van der Waals surface area contributed by atoms with Crippen molar-refractivity contribution in [3.63, 3.8) is 0 Å². The zero-order valence-corrected chi connectivity index (χ0v) is 17.4. The Kier molecular flexibility index (Phi) is 5.91. The molecule has 0 aliphatic rings. The zero-order chi connectivity index (χ0) is 19.6. The first-order valence-corrected chi connectivity index (χ1v) is 9.71. The molecule has 1 atom stereocenters. The molecule has 0 saturated heterocycles. The molecule has 144 valence electrons. The van der Waals surface area contributed by atoms with Gasteiger partial charge in [-0.05, 0) is 44.0 Å². The third kappa shape index (κ3) is 4.36. The summed E-state index contributed by atoms with van der Waals surface area (Å²) in [5.74, 6) is 1.22. The number of aliphatic hydroxyl groups is 1. The molecule has 1 aromatic carbocycles. The van der Waals surface area contributed by atoms with Crippen LogP contribution in [0, 0.1) is 5.92 Å². The SMILES string of the molecule is CC(C)C(CO)Nc1nc(Nc2ccc(Br)cc2)c2nnn(C(C)C)c2n1. The fourth-order valence-electron chi connectivity index (χ4n) is 2.59. The number of nitrogens with one attached hydrogen (secondary N) is 2. The number of hydrogen-bond donors (Lipinski definition) is 3. The van der Waals surface area contributed by atoms with Gasteiger partial charge in [-0.15, -0.1) is 5.10 Å². The van der Waals surface area contributed by atoms with Crippen LogP contribution in [0.5, 0.6) is 0 Å². The van der Waals surface area contributed by atoms with Gasteiger partial charge in [-0.1, -0.05) is 35.0 Å². The standard InChI is InChI=1S/C18H24BrN7O/c1-10(2)14(9-27)21-18-22-16(20-13-7-5-12(19)6-8-13)15-17(23-18)26(11(3)4)25-24-15/h5-8,10-11,14,27H,9H2,1-4H3,(H2,20,21,22,23). The topological polar surface area (TPSA) is 101 Å². The molecule has 0 amide bonds. The normalized spacial score (nSPS) is 12.7. The lowest BCUT2D eigenvalue weighted by molar-refractivity contribution is 0.248. The summed E-state index contributed by atoms with van der Waals surface area (Å²) >= 11 is 3.44. The van der Waals surface area contributed by atoms with Gasteiger partial charge in [0.1, 0.15) is 0 Å². The van der Waals surface area contributed by atoms with Crippen LogP contribution in [0.25, 0.3) is 11.2 Å². The van der Waals surface area contributed by atoms with E-state index in [0.717, 1.165) is 10.2 Å². The number of nitrogens with zero attached hydrogens (tertiary/aromatic N) is 5. The molecule has 0 saturated carbocycles. The predicted octanol–water partition coefficient (Wildman–Crippen LogP) is 3.74. The average Bonchev–Trinajstić information content (AvgIpc) is 3.05. The van der Waals surface area contributed by atoms with Gasteiger partial charge in [0, 0.05) is 10.2 Å². The minimum Gasteiger partial charge on any atom is -0.394 e. The highest BCUT2D eigenvalue weighted by Crippen LogP contribution is 2.26. The van der Waals surface area contributed by atoms with Gasteiger partial charge in [0.2, 0.25) is 5.95 Å². The molecule has 2 heterocycles. The molecular weight excluding hydrogens is 410 g/mol. The molecule has 0 spiro atoms. The first-order valence-electron chi connectivity index (χ1n) is 8.92. The van der Waals surface area contributed by atoms with E-state index in [-0.39, 0.29) is 24.6 Å². The number of anilines is 3. The van der Waals surface area contributed by atoms with E-state index in [0.29, 0.717) is 22.9 Å². The summed E-state index contributed by atoms with van der Waals surface area (Å²) in [6, 6.07) is 7.76. The smallest absolute Gasteiger partial charge is 0.227 e. The van der Waals surface area contributed by atoms with Crippen LogP contribution < -0.4 is 10.6 Å². The maximum atomic E-state index is 9.64. The highest BCUT2D eigenvalue weighted by molar-refractivity contribution is 9.10. The second-order valence-electron chi connectivity index (χ2n) is 7.01. The lowest BCUT2D eigenvalue weighted by Gasteiger charge is -2.20. The second-order valence-corrected chi connectivity index (χ2v) is 7.92. The molecule has 27 heavy (non-hydrogen) atoms. The summed E-state index contributed by atoms with van der Waals surface area (Å²) in [4.78, 5) is 9.19. The molecule has 3 aromatic rings. The van der Waals surface area contributed by atoms with E-state index in [4.69, 9.17) is 0 Å². The molecule has 0 bridgehead atoms. The molecule has 1 unspecified atom stereocenters. The molecule has 8 nitrogen and oxygen atoms in total. The third-order valence-corrected chi connectivity index (χ3v) is 4.76. The van der Waals surface area contributed by atoms with Gasteiger partial charge in [0.25, 0.3) is 0 Å². The number of rotatable bonds is 7. The van der Waals surface area contributed by atoms with E-state index in [1.54, 1.807) is 4.68 Å². The van der Waals surface area contributed by atoms with E-state index >= 15 is 0 Å². The van der Waals surface area contributed by atoms with Crippen molar-refractivity contribution in [2.24, 2.45) is 5.92 Å². The summed E-state index contributed by atoms with van der Waals surface area (Å²) in [7, 11) is 0. The molecule has 0 aliphatic heterocycles. The van der Waals surface area contributed by atoms with Crippen molar-refractivity contribution < 1.29 is 5.11 Å². The summed E-state index contributed by atoms with van der Waals surface area (Å²) in [6.45, 7) is 8.11. The Morgan fingerprint density at radius 1 is 1.11 bits per heavy atom. The van der Waals surface area contributed by atoms with Crippen LogP contribution in [0.1, 0.15) is 33.7 Å². The molecular formula is C18H24BrN7O. The minimum absolute atomic E-state index is 0.00374.